The van der Waals surface area contributed by atoms with E-state index in [0.717, 1.165) is 27.8 Å². The maximum absolute atomic E-state index is 11.2. The topological polar surface area (TPSA) is 56.0 Å². The van der Waals surface area contributed by atoms with Crippen LogP contribution in [0.3, 0.4) is 0 Å². The highest BCUT2D eigenvalue weighted by Crippen LogP contribution is 2.34. The van der Waals surface area contributed by atoms with Crippen LogP contribution in [0.1, 0.15) is 0 Å². The van der Waals surface area contributed by atoms with Gasteiger partial charge in [0.25, 0.3) is 5.69 Å². The van der Waals surface area contributed by atoms with Gasteiger partial charge in [0, 0.05) is 28.1 Å². The second-order valence-corrected chi connectivity index (χ2v) is 6.32. The highest BCUT2D eigenvalue weighted by Gasteiger charge is 2.13. The number of non-ortho nitro benzene ring substituents is 1. The Labute approximate surface area is 154 Å². The quantitative estimate of drug-likeness (QED) is 0.326. The van der Waals surface area contributed by atoms with Crippen molar-refractivity contribution in [1.29, 1.82) is 0 Å². The molecule has 4 aromatic rings. The van der Waals surface area contributed by atoms with Crippen molar-refractivity contribution in [2.75, 3.05) is 0 Å². The van der Waals surface area contributed by atoms with Gasteiger partial charge in [0.05, 0.1) is 16.1 Å². The smallest absolute Gasteiger partial charge is 0.258 e. The summed E-state index contributed by atoms with van der Waals surface area (Å²) in [6.07, 6.45) is 0. The van der Waals surface area contributed by atoms with Crippen molar-refractivity contribution in [3.63, 3.8) is 0 Å². The first-order valence-electron chi connectivity index (χ1n) is 8.02. The minimum Gasteiger partial charge on any atom is -0.258 e. The van der Waals surface area contributed by atoms with Gasteiger partial charge in [-0.1, -0.05) is 54.1 Å². The summed E-state index contributed by atoms with van der Waals surface area (Å²) < 4.78 is 0. The molecular weight excluding hydrogens is 348 g/mol. The Hall–Kier alpha value is -3.24. The molecule has 26 heavy (non-hydrogen) atoms. The van der Waals surface area contributed by atoms with Crippen molar-refractivity contribution in [3.05, 3.63) is 94.0 Å². The maximum atomic E-state index is 11.2. The van der Waals surface area contributed by atoms with Crippen molar-refractivity contribution < 1.29 is 4.92 Å². The van der Waals surface area contributed by atoms with Crippen LogP contribution in [0.15, 0.2) is 78.9 Å². The normalized spacial score (nSPS) is 10.8. The number of benzene rings is 3. The molecule has 4 rings (SSSR count). The third-order valence-corrected chi connectivity index (χ3v) is 4.48. The Balaban J connectivity index is 2.01. The first kappa shape index (κ1) is 16.2. The van der Waals surface area contributed by atoms with E-state index in [1.807, 2.05) is 60.7 Å². The molecule has 126 valence electrons. The largest absolute Gasteiger partial charge is 0.270 e. The molecule has 0 bridgehead atoms. The summed E-state index contributed by atoms with van der Waals surface area (Å²) in [5.41, 5.74) is 4.38. The van der Waals surface area contributed by atoms with Gasteiger partial charge in [-0.2, -0.15) is 0 Å². The molecule has 1 heterocycles. The minimum atomic E-state index is -0.388. The molecule has 0 fully saturated rings. The molecular formula is C21H13ClN2O2. The van der Waals surface area contributed by atoms with Crippen molar-refractivity contribution in [2.45, 2.75) is 0 Å². The second kappa shape index (κ2) is 6.58. The molecule has 0 unspecified atom stereocenters. The lowest BCUT2D eigenvalue weighted by molar-refractivity contribution is -0.384. The van der Waals surface area contributed by atoms with Crippen molar-refractivity contribution >= 4 is 28.2 Å². The number of halogens is 1. The zero-order valence-corrected chi connectivity index (χ0v) is 14.4. The summed E-state index contributed by atoms with van der Waals surface area (Å²) in [4.78, 5) is 15.5. The van der Waals surface area contributed by atoms with Crippen LogP contribution in [-0.2, 0) is 0 Å². The second-order valence-electron chi connectivity index (χ2n) is 5.89. The Kier molecular flexibility index (Phi) is 4.11. The van der Waals surface area contributed by atoms with E-state index in [0.29, 0.717) is 10.5 Å². The molecule has 0 aliphatic heterocycles. The van der Waals surface area contributed by atoms with Crippen LogP contribution in [0.2, 0.25) is 5.02 Å². The standard InChI is InChI=1S/C21H13ClN2O2/c22-16-8-6-15(7-9-16)21-13-18(14-4-2-1-3-5-14)19-12-17(24(25)26)10-11-20(19)23-21/h1-13H. The van der Waals surface area contributed by atoms with E-state index in [-0.39, 0.29) is 10.6 Å². The molecule has 0 aliphatic rings. The molecule has 0 N–H and O–H groups in total. The number of pyridine rings is 1. The van der Waals surface area contributed by atoms with Crippen LogP contribution in [0, 0.1) is 10.1 Å². The molecule has 0 amide bonds. The lowest BCUT2D eigenvalue weighted by Crippen LogP contribution is -1.92. The van der Waals surface area contributed by atoms with Gasteiger partial charge in [-0.3, -0.25) is 10.1 Å². The first-order valence-corrected chi connectivity index (χ1v) is 8.40. The zero-order valence-electron chi connectivity index (χ0n) is 13.6. The summed E-state index contributed by atoms with van der Waals surface area (Å²) >= 11 is 5.98. The van der Waals surface area contributed by atoms with Crippen LogP contribution in [0.5, 0.6) is 0 Å². The predicted octanol–water partition coefficient (Wildman–Crippen LogP) is 6.13. The molecule has 3 aromatic carbocycles. The van der Waals surface area contributed by atoms with Crippen LogP contribution < -0.4 is 0 Å². The van der Waals surface area contributed by atoms with E-state index in [9.17, 15) is 10.1 Å². The van der Waals surface area contributed by atoms with Crippen molar-refractivity contribution in [2.24, 2.45) is 0 Å². The average molecular weight is 361 g/mol. The Morgan fingerprint density at radius 3 is 2.27 bits per heavy atom. The fourth-order valence-electron chi connectivity index (χ4n) is 2.95. The zero-order chi connectivity index (χ0) is 18.1. The van der Waals surface area contributed by atoms with Gasteiger partial charge in [-0.05, 0) is 35.4 Å². The minimum absolute atomic E-state index is 0.0516. The Morgan fingerprint density at radius 2 is 1.58 bits per heavy atom. The number of nitro benzene ring substituents is 1. The van der Waals surface area contributed by atoms with E-state index < -0.39 is 0 Å². The van der Waals surface area contributed by atoms with Gasteiger partial charge in [0.15, 0.2) is 0 Å². The van der Waals surface area contributed by atoms with E-state index in [1.54, 1.807) is 12.1 Å². The van der Waals surface area contributed by atoms with Gasteiger partial charge in [0.2, 0.25) is 0 Å². The number of hydrogen-bond donors (Lipinski definition) is 0. The third-order valence-electron chi connectivity index (χ3n) is 4.23. The molecule has 0 aliphatic carbocycles. The first-order chi connectivity index (χ1) is 12.6. The van der Waals surface area contributed by atoms with Gasteiger partial charge in [-0.25, -0.2) is 4.98 Å². The molecule has 5 heteroatoms. The molecule has 0 saturated carbocycles. The SMILES string of the molecule is O=[N+]([O-])c1ccc2nc(-c3ccc(Cl)cc3)cc(-c3ccccc3)c2c1. The fraction of sp³-hybridized carbons (Fsp3) is 0. The number of rotatable bonds is 3. The van der Waals surface area contributed by atoms with E-state index in [4.69, 9.17) is 16.6 Å². The monoisotopic (exact) mass is 360 g/mol. The average Bonchev–Trinajstić information content (AvgIpc) is 2.68. The van der Waals surface area contributed by atoms with E-state index in [2.05, 4.69) is 0 Å². The third kappa shape index (κ3) is 3.03. The predicted molar refractivity (Wildman–Crippen MR) is 104 cm³/mol. The molecule has 4 nitrogen and oxygen atoms in total. The maximum Gasteiger partial charge on any atom is 0.270 e. The van der Waals surface area contributed by atoms with Gasteiger partial charge < -0.3 is 0 Å². The number of fused-ring (bicyclic) bond motifs is 1. The Bertz CT molecular complexity index is 1110. The highest BCUT2D eigenvalue weighted by atomic mass is 35.5. The van der Waals surface area contributed by atoms with E-state index in [1.165, 1.54) is 6.07 Å². The number of aromatic nitrogens is 1. The molecule has 1 aromatic heterocycles. The number of nitrogens with zero attached hydrogens (tertiary/aromatic N) is 2. The summed E-state index contributed by atoms with van der Waals surface area (Å²) in [7, 11) is 0. The van der Waals surface area contributed by atoms with Gasteiger partial charge in [-0.15, -0.1) is 0 Å². The lowest BCUT2D eigenvalue weighted by Gasteiger charge is -2.10. The van der Waals surface area contributed by atoms with Crippen molar-refractivity contribution in [1.82, 2.24) is 4.98 Å². The van der Waals surface area contributed by atoms with Crippen molar-refractivity contribution in [3.8, 4) is 22.4 Å². The summed E-state index contributed by atoms with van der Waals surface area (Å²) in [6, 6.07) is 24.0. The fourth-order valence-corrected chi connectivity index (χ4v) is 3.08. The number of nitro groups is 1. The summed E-state index contributed by atoms with van der Waals surface area (Å²) in [6.45, 7) is 0. The van der Waals surface area contributed by atoms with Crippen LogP contribution >= 0.6 is 11.6 Å². The summed E-state index contributed by atoms with van der Waals surface area (Å²) in [5, 5.41) is 12.6. The Morgan fingerprint density at radius 1 is 0.846 bits per heavy atom. The molecule has 0 atom stereocenters. The highest BCUT2D eigenvalue weighted by molar-refractivity contribution is 6.30. The van der Waals surface area contributed by atoms with Gasteiger partial charge in [0.1, 0.15) is 0 Å². The lowest BCUT2D eigenvalue weighted by atomic mass is 9.98. The molecule has 0 radical (unpaired) electrons. The van der Waals surface area contributed by atoms with Crippen LogP contribution in [0.25, 0.3) is 33.3 Å². The molecule has 0 saturated heterocycles. The summed E-state index contributed by atoms with van der Waals surface area (Å²) in [5.74, 6) is 0. The van der Waals surface area contributed by atoms with E-state index >= 15 is 0 Å². The number of hydrogen-bond acceptors (Lipinski definition) is 3. The molecule has 0 spiro atoms. The van der Waals surface area contributed by atoms with Gasteiger partial charge >= 0.3 is 0 Å². The van der Waals surface area contributed by atoms with Crippen LogP contribution in [0.4, 0.5) is 5.69 Å². The van der Waals surface area contributed by atoms with Crippen LogP contribution in [-0.4, -0.2) is 9.91 Å².